The summed E-state index contributed by atoms with van der Waals surface area (Å²) < 4.78 is 6.81. The fourth-order valence-corrected chi connectivity index (χ4v) is 2.98. The first-order valence-electron chi connectivity index (χ1n) is 5.12. The predicted octanol–water partition coefficient (Wildman–Crippen LogP) is 3.64. The van der Waals surface area contributed by atoms with Crippen LogP contribution in [0.1, 0.15) is 12.0 Å². The molecule has 0 spiro atoms. The van der Waals surface area contributed by atoms with Crippen molar-refractivity contribution in [3.05, 3.63) is 33.4 Å². The monoisotopic (exact) mass is 380 g/mol. The van der Waals surface area contributed by atoms with Crippen LogP contribution in [-0.2, 0) is 11.2 Å². The molecule has 3 heteroatoms. The third-order valence-electron chi connectivity index (χ3n) is 2.96. The largest absolute Gasteiger partial charge is 0.381 e. The molecule has 0 aromatic heterocycles. The van der Waals surface area contributed by atoms with E-state index in [1.54, 1.807) is 0 Å². The summed E-state index contributed by atoms with van der Waals surface area (Å²) in [6, 6.07) is 8.80. The lowest BCUT2D eigenvalue weighted by Gasteiger charge is -2.24. The van der Waals surface area contributed by atoms with Crippen LogP contribution in [0.5, 0.6) is 0 Å². The second kappa shape index (κ2) is 5.15. The molecule has 1 aliphatic rings. The van der Waals surface area contributed by atoms with E-state index in [9.17, 15) is 0 Å². The fraction of sp³-hybridized carbons (Fsp3) is 0.500. The summed E-state index contributed by atoms with van der Waals surface area (Å²) in [7, 11) is 0. The molecule has 1 fully saturated rings. The Kier molecular flexibility index (Phi) is 4.07. The summed E-state index contributed by atoms with van der Waals surface area (Å²) in [6.07, 6.45) is 2.29. The highest BCUT2D eigenvalue weighted by Crippen LogP contribution is 2.34. The van der Waals surface area contributed by atoms with Gasteiger partial charge in [-0.05, 0) is 53.1 Å². The molecule has 0 bridgehead atoms. The SMILES string of the molecule is BrCC1(Cc2ccc(I)cc2)CCOC1. The van der Waals surface area contributed by atoms with Crippen LogP contribution < -0.4 is 0 Å². The Labute approximate surface area is 113 Å². The quantitative estimate of drug-likeness (QED) is 0.574. The van der Waals surface area contributed by atoms with Crippen LogP contribution in [0, 0.1) is 8.99 Å². The summed E-state index contributed by atoms with van der Waals surface area (Å²) in [6.45, 7) is 1.81. The van der Waals surface area contributed by atoms with Gasteiger partial charge in [-0.25, -0.2) is 0 Å². The zero-order valence-electron chi connectivity index (χ0n) is 8.51. The standard InChI is InChI=1S/C12H14BrIO/c13-8-12(5-6-15-9-12)7-10-1-3-11(14)4-2-10/h1-4H,5-9H2. The maximum atomic E-state index is 5.52. The van der Waals surface area contributed by atoms with Crippen molar-refractivity contribution in [2.75, 3.05) is 18.5 Å². The lowest BCUT2D eigenvalue weighted by Crippen LogP contribution is -2.25. The molecule has 15 heavy (non-hydrogen) atoms. The normalized spacial score (nSPS) is 25.7. The van der Waals surface area contributed by atoms with Gasteiger partial charge in [0.05, 0.1) is 6.61 Å². The van der Waals surface area contributed by atoms with Crippen LogP contribution in [0.15, 0.2) is 24.3 Å². The van der Waals surface area contributed by atoms with Gasteiger partial charge in [-0.2, -0.15) is 0 Å². The van der Waals surface area contributed by atoms with Gasteiger partial charge >= 0.3 is 0 Å². The second-order valence-electron chi connectivity index (χ2n) is 4.24. The molecular weight excluding hydrogens is 367 g/mol. The lowest BCUT2D eigenvalue weighted by atomic mass is 9.83. The van der Waals surface area contributed by atoms with Gasteiger partial charge in [-0.1, -0.05) is 28.1 Å². The first-order valence-corrected chi connectivity index (χ1v) is 7.32. The number of rotatable bonds is 3. The van der Waals surface area contributed by atoms with Crippen molar-refractivity contribution in [1.82, 2.24) is 0 Å². The van der Waals surface area contributed by atoms with Gasteiger partial charge in [0.15, 0.2) is 0 Å². The van der Waals surface area contributed by atoms with E-state index in [-0.39, 0.29) is 0 Å². The molecular formula is C12H14BrIO. The number of hydrogen-bond donors (Lipinski definition) is 0. The zero-order chi connectivity index (χ0) is 10.7. The fourth-order valence-electron chi connectivity index (χ4n) is 1.98. The molecule has 0 radical (unpaired) electrons. The third kappa shape index (κ3) is 2.94. The van der Waals surface area contributed by atoms with Crippen molar-refractivity contribution in [3.8, 4) is 0 Å². The van der Waals surface area contributed by atoms with E-state index in [1.165, 1.54) is 15.6 Å². The third-order valence-corrected chi connectivity index (χ3v) is 4.87. The van der Waals surface area contributed by atoms with E-state index < -0.39 is 0 Å². The average molecular weight is 381 g/mol. The van der Waals surface area contributed by atoms with Crippen molar-refractivity contribution < 1.29 is 4.74 Å². The van der Waals surface area contributed by atoms with Crippen molar-refractivity contribution in [3.63, 3.8) is 0 Å². The Morgan fingerprint density at radius 2 is 2.07 bits per heavy atom. The van der Waals surface area contributed by atoms with Crippen molar-refractivity contribution in [1.29, 1.82) is 0 Å². The van der Waals surface area contributed by atoms with E-state index in [0.29, 0.717) is 5.41 Å². The summed E-state index contributed by atoms with van der Waals surface area (Å²) in [5.74, 6) is 0. The Hall–Kier alpha value is 0.390. The first kappa shape index (κ1) is 11.9. The summed E-state index contributed by atoms with van der Waals surface area (Å²) >= 11 is 5.96. The molecule has 1 nitrogen and oxygen atoms in total. The summed E-state index contributed by atoms with van der Waals surface area (Å²) in [4.78, 5) is 0. The molecule has 1 heterocycles. The zero-order valence-corrected chi connectivity index (χ0v) is 12.3. The van der Waals surface area contributed by atoms with Crippen LogP contribution in [0.25, 0.3) is 0 Å². The molecule has 0 saturated carbocycles. The minimum atomic E-state index is 0.326. The number of alkyl halides is 1. The Morgan fingerprint density at radius 1 is 1.33 bits per heavy atom. The molecule has 0 amide bonds. The van der Waals surface area contributed by atoms with Crippen molar-refractivity contribution in [2.45, 2.75) is 12.8 Å². The molecule has 1 aromatic rings. The van der Waals surface area contributed by atoms with Crippen LogP contribution in [-0.4, -0.2) is 18.5 Å². The minimum Gasteiger partial charge on any atom is -0.381 e. The molecule has 2 rings (SSSR count). The topological polar surface area (TPSA) is 9.23 Å². The van der Waals surface area contributed by atoms with Crippen LogP contribution in [0.2, 0.25) is 0 Å². The highest BCUT2D eigenvalue weighted by molar-refractivity contribution is 14.1. The molecule has 0 aliphatic carbocycles. The summed E-state index contributed by atoms with van der Waals surface area (Å²) in [5, 5.41) is 1.03. The van der Waals surface area contributed by atoms with E-state index >= 15 is 0 Å². The second-order valence-corrected chi connectivity index (χ2v) is 6.05. The maximum Gasteiger partial charge on any atom is 0.0534 e. The molecule has 1 saturated heterocycles. The van der Waals surface area contributed by atoms with E-state index in [1.807, 2.05) is 0 Å². The average Bonchev–Trinajstić information content (AvgIpc) is 2.71. The highest BCUT2D eigenvalue weighted by atomic mass is 127. The van der Waals surface area contributed by atoms with Crippen LogP contribution in [0.3, 0.4) is 0 Å². The molecule has 82 valence electrons. The molecule has 1 unspecified atom stereocenters. The predicted molar refractivity (Wildman–Crippen MR) is 74.5 cm³/mol. The number of hydrogen-bond acceptors (Lipinski definition) is 1. The molecule has 0 N–H and O–H groups in total. The minimum absolute atomic E-state index is 0.326. The first-order chi connectivity index (χ1) is 7.24. The maximum absolute atomic E-state index is 5.52. The number of halogens is 2. The number of ether oxygens (including phenoxy) is 1. The van der Waals surface area contributed by atoms with E-state index in [2.05, 4.69) is 62.8 Å². The van der Waals surface area contributed by atoms with Gasteiger partial charge in [0, 0.05) is 20.9 Å². The Bertz CT molecular complexity index is 317. The number of benzene rings is 1. The molecule has 1 aromatic carbocycles. The lowest BCUT2D eigenvalue weighted by molar-refractivity contribution is 0.162. The summed E-state index contributed by atoms with van der Waals surface area (Å²) in [5.41, 5.74) is 1.74. The van der Waals surface area contributed by atoms with E-state index in [0.717, 1.165) is 25.0 Å². The van der Waals surface area contributed by atoms with Gasteiger partial charge in [0.25, 0.3) is 0 Å². The molecule has 1 aliphatic heterocycles. The van der Waals surface area contributed by atoms with Crippen LogP contribution in [0.4, 0.5) is 0 Å². The smallest absolute Gasteiger partial charge is 0.0534 e. The van der Waals surface area contributed by atoms with Crippen LogP contribution >= 0.6 is 38.5 Å². The highest BCUT2D eigenvalue weighted by Gasteiger charge is 2.33. The Morgan fingerprint density at radius 3 is 2.60 bits per heavy atom. The van der Waals surface area contributed by atoms with Gasteiger partial charge in [-0.15, -0.1) is 0 Å². The van der Waals surface area contributed by atoms with Crippen molar-refractivity contribution >= 4 is 38.5 Å². The Balaban J connectivity index is 2.09. The van der Waals surface area contributed by atoms with Crippen molar-refractivity contribution in [2.24, 2.45) is 5.41 Å². The van der Waals surface area contributed by atoms with Gasteiger partial charge < -0.3 is 4.74 Å². The molecule has 1 atom stereocenters. The van der Waals surface area contributed by atoms with Gasteiger partial charge in [-0.3, -0.25) is 0 Å². The van der Waals surface area contributed by atoms with E-state index in [4.69, 9.17) is 4.74 Å². The van der Waals surface area contributed by atoms with Gasteiger partial charge in [0.2, 0.25) is 0 Å². The van der Waals surface area contributed by atoms with Gasteiger partial charge in [0.1, 0.15) is 0 Å².